The third-order valence-corrected chi connectivity index (χ3v) is 3.48. The van der Waals surface area contributed by atoms with Gasteiger partial charge in [0, 0.05) is 25.7 Å². The quantitative estimate of drug-likeness (QED) is 0.751. The van der Waals surface area contributed by atoms with Gasteiger partial charge in [-0.3, -0.25) is 9.69 Å². The van der Waals surface area contributed by atoms with Gasteiger partial charge >= 0.3 is 0 Å². The van der Waals surface area contributed by atoms with Gasteiger partial charge in [-0.05, 0) is 33.2 Å². The van der Waals surface area contributed by atoms with Crippen LogP contribution in [0.1, 0.15) is 33.1 Å². The van der Waals surface area contributed by atoms with Crippen molar-refractivity contribution in [1.82, 2.24) is 9.80 Å². The summed E-state index contributed by atoms with van der Waals surface area (Å²) in [7, 11) is 0. The molecule has 4 heteroatoms. The first-order chi connectivity index (χ1) is 7.72. The summed E-state index contributed by atoms with van der Waals surface area (Å²) < 4.78 is 0. The first-order valence-electron chi connectivity index (χ1n) is 6.44. The van der Waals surface area contributed by atoms with Crippen LogP contribution in [0.25, 0.3) is 0 Å². The Morgan fingerprint density at radius 3 is 2.62 bits per heavy atom. The summed E-state index contributed by atoms with van der Waals surface area (Å²) in [6.07, 6.45) is 3.59. The topological polar surface area (TPSA) is 49.6 Å². The summed E-state index contributed by atoms with van der Waals surface area (Å²) in [5.41, 5.74) is 5.74. The highest BCUT2D eigenvalue weighted by atomic mass is 16.2. The molecule has 0 spiro atoms. The minimum atomic E-state index is 0.241. The molecule has 0 bridgehead atoms. The van der Waals surface area contributed by atoms with Crippen molar-refractivity contribution >= 4 is 5.91 Å². The fourth-order valence-electron chi connectivity index (χ4n) is 2.39. The molecule has 16 heavy (non-hydrogen) atoms. The molecule has 0 aromatic carbocycles. The Kier molecular flexibility index (Phi) is 5.77. The average molecular weight is 227 g/mol. The molecule has 1 saturated heterocycles. The number of carbonyl (C=O) groups is 1. The number of likely N-dealkylation sites (tertiary alicyclic amines) is 1. The smallest absolute Gasteiger partial charge is 0.236 e. The van der Waals surface area contributed by atoms with Crippen LogP contribution < -0.4 is 5.73 Å². The van der Waals surface area contributed by atoms with Crippen LogP contribution in [-0.4, -0.2) is 54.5 Å². The van der Waals surface area contributed by atoms with Gasteiger partial charge in [0.1, 0.15) is 0 Å². The fraction of sp³-hybridized carbons (Fsp3) is 0.917. The standard InChI is InChI=1S/C12H25N3O/c1-3-14(4-2)12(16)10-15-8-6-5-7-11(15)9-13/h11H,3-10,13H2,1-2H3. The van der Waals surface area contributed by atoms with Crippen molar-refractivity contribution in [2.24, 2.45) is 5.73 Å². The van der Waals surface area contributed by atoms with E-state index in [1.54, 1.807) is 0 Å². The van der Waals surface area contributed by atoms with Gasteiger partial charge in [0.25, 0.3) is 0 Å². The summed E-state index contributed by atoms with van der Waals surface area (Å²) in [6, 6.07) is 0.410. The Balaban J connectivity index is 2.47. The Bertz CT molecular complexity index is 216. The maximum absolute atomic E-state index is 12.0. The van der Waals surface area contributed by atoms with Crippen LogP contribution in [0.5, 0.6) is 0 Å². The van der Waals surface area contributed by atoms with Crippen molar-refractivity contribution in [3.05, 3.63) is 0 Å². The third kappa shape index (κ3) is 3.46. The molecule has 94 valence electrons. The summed E-state index contributed by atoms with van der Waals surface area (Å²) in [5, 5.41) is 0. The molecule has 4 nitrogen and oxygen atoms in total. The number of amides is 1. The molecule has 0 aliphatic carbocycles. The molecule has 0 radical (unpaired) electrons. The molecule has 0 aromatic heterocycles. The van der Waals surface area contributed by atoms with Crippen LogP contribution >= 0.6 is 0 Å². The Morgan fingerprint density at radius 2 is 2.06 bits per heavy atom. The molecular weight excluding hydrogens is 202 g/mol. The molecule has 1 aliphatic rings. The van der Waals surface area contributed by atoms with Crippen LogP contribution in [0.2, 0.25) is 0 Å². The maximum Gasteiger partial charge on any atom is 0.236 e. The van der Waals surface area contributed by atoms with Crippen LogP contribution in [0.3, 0.4) is 0 Å². The van der Waals surface area contributed by atoms with E-state index in [1.165, 1.54) is 12.8 Å². The van der Waals surface area contributed by atoms with Crippen molar-refractivity contribution in [3.63, 3.8) is 0 Å². The number of rotatable bonds is 5. The lowest BCUT2D eigenvalue weighted by atomic mass is 10.0. The highest BCUT2D eigenvalue weighted by molar-refractivity contribution is 5.78. The number of carbonyl (C=O) groups excluding carboxylic acids is 1. The molecule has 1 rings (SSSR count). The van der Waals surface area contributed by atoms with E-state index in [4.69, 9.17) is 5.73 Å². The first-order valence-corrected chi connectivity index (χ1v) is 6.44. The second kappa shape index (κ2) is 6.86. The number of likely N-dealkylation sites (N-methyl/N-ethyl adjacent to an activating group) is 1. The van der Waals surface area contributed by atoms with Crippen LogP contribution in [0.4, 0.5) is 0 Å². The summed E-state index contributed by atoms with van der Waals surface area (Å²) in [4.78, 5) is 16.1. The minimum absolute atomic E-state index is 0.241. The van der Waals surface area contributed by atoms with Gasteiger partial charge in [0.05, 0.1) is 6.54 Å². The third-order valence-electron chi connectivity index (χ3n) is 3.48. The van der Waals surface area contributed by atoms with Gasteiger partial charge in [-0.1, -0.05) is 6.42 Å². The predicted molar refractivity (Wildman–Crippen MR) is 66.2 cm³/mol. The number of nitrogens with zero attached hydrogens (tertiary/aromatic N) is 2. The summed E-state index contributed by atoms with van der Waals surface area (Å²) >= 11 is 0. The highest BCUT2D eigenvalue weighted by Gasteiger charge is 2.24. The summed E-state index contributed by atoms with van der Waals surface area (Å²) in [6.45, 7) is 7.90. The molecule has 1 unspecified atom stereocenters. The molecule has 1 amide bonds. The van der Waals surface area contributed by atoms with Gasteiger partial charge < -0.3 is 10.6 Å². The second-order valence-corrected chi connectivity index (χ2v) is 4.42. The lowest BCUT2D eigenvalue weighted by molar-refractivity contribution is -0.132. The largest absolute Gasteiger partial charge is 0.342 e. The maximum atomic E-state index is 12.0. The molecule has 0 aromatic rings. The number of hydrogen-bond acceptors (Lipinski definition) is 3. The van der Waals surface area contributed by atoms with E-state index in [-0.39, 0.29) is 5.91 Å². The van der Waals surface area contributed by atoms with Gasteiger partial charge in [0.15, 0.2) is 0 Å². The van der Waals surface area contributed by atoms with E-state index in [0.29, 0.717) is 19.1 Å². The van der Waals surface area contributed by atoms with Gasteiger partial charge in [0.2, 0.25) is 5.91 Å². The molecule has 1 heterocycles. The van der Waals surface area contributed by atoms with E-state index in [2.05, 4.69) is 4.90 Å². The van der Waals surface area contributed by atoms with E-state index in [0.717, 1.165) is 26.1 Å². The summed E-state index contributed by atoms with van der Waals surface area (Å²) in [5.74, 6) is 0.241. The van der Waals surface area contributed by atoms with Crippen molar-refractivity contribution in [1.29, 1.82) is 0 Å². The Labute approximate surface area is 98.8 Å². The van der Waals surface area contributed by atoms with Crippen LogP contribution in [-0.2, 0) is 4.79 Å². The fourth-order valence-corrected chi connectivity index (χ4v) is 2.39. The van der Waals surface area contributed by atoms with E-state index >= 15 is 0 Å². The van der Waals surface area contributed by atoms with Crippen LogP contribution in [0, 0.1) is 0 Å². The van der Waals surface area contributed by atoms with Crippen molar-refractivity contribution in [2.75, 3.05) is 32.7 Å². The van der Waals surface area contributed by atoms with E-state index < -0.39 is 0 Å². The SMILES string of the molecule is CCN(CC)C(=O)CN1CCCCC1CN. The average Bonchev–Trinajstić information content (AvgIpc) is 2.31. The lowest BCUT2D eigenvalue weighted by Gasteiger charge is -2.35. The zero-order chi connectivity index (χ0) is 12.0. The predicted octanol–water partition coefficient (Wildman–Crippen LogP) is 0.668. The minimum Gasteiger partial charge on any atom is -0.342 e. The highest BCUT2D eigenvalue weighted by Crippen LogP contribution is 2.15. The zero-order valence-corrected chi connectivity index (χ0v) is 10.6. The van der Waals surface area contributed by atoms with Gasteiger partial charge in [-0.2, -0.15) is 0 Å². The van der Waals surface area contributed by atoms with Crippen molar-refractivity contribution < 1.29 is 4.79 Å². The molecule has 1 fully saturated rings. The Morgan fingerprint density at radius 1 is 1.38 bits per heavy atom. The first kappa shape index (κ1) is 13.5. The van der Waals surface area contributed by atoms with Crippen LogP contribution in [0.15, 0.2) is 0 Å². The molecule has 1 atom stereocenters. The molecular formula is C12H25N3O. The zero-order valence-electron chi connectivity index (χ0n) is 10.6. The van der Waals surface area contributed by atoms with Crippen molar-refractivity contribution in [3.8, 4) is 0 Å². The van der Waals surface area contributed by atoms with Gasteiger partial charge in [-0.25, -0.2) is 0 Å². The number of nitrogens with two attached hydrogens (primary N) is 1. The van der Waals surface area contributed by atoms with E-state index in [1.807, 2.05) is 18.7 Å². The lowest BCUT2D eigenvalue weighted by Crippen LogP contribution is -2.49. The monoisotopic (exact) mass is 227 g/mol. The molecule has 1 aliphatic heterocycles. The number of piperidine rings is 1. The Hall–Kier alpha value is -0.610. The van der Waals surface area contributed by atoms with E-state index in [9.17, 15) is 4.79 Å². The molecule has 2 N–H and O–H groups in total. The second-order valence-electron chi connectivity index (χ2n) is 4.42. The van der Waals surface area contributed by atoms with Crippen molar-refractivity contribution in [2.45, 2.75) is 39.2 Å². The normalized spacial score (nSPS) is 22.1. The number of hydrogen-bond donors (Lipinski definition) is 1. The van der Waals surface area contributed by atoms with Gasteiger partial charge in [-0.15, -0.1) is 0 Å². The molecule has 0 saturated carbocycles.